The van der Waals surface area contributed by atoms with Gasteiger partial charge in [0.15, 0.2) is 11.9 Å². The fourth-order valence-corrected chi connectivity index (χ4v) is 4.71. The van der Waals surface area contributed by atoms with Gasteiger partial charge in [-0.15, -0.1) is 0 Å². The minimum Gasteiger partial charge on any atom is -0.456 e. The molecule has 0 aliphatic rings. The average molecular weight is 450 g/mol. The molecule has 0 bridgehead atoms. The van der Waals surface area contributed by atoms with Crippen LogP contribution < -0.4 is 4.57 Å². The smallest absolute Gasteiger partial charge is 0.219 e. The molecule has 0 fully saturated rings. The quantitative estimate of drug-likeness (QED) is 0.197. The minimum absolute atomic E-state index is 0.228. The molecule has 0 atom stereocenters. The Bertz CT molecular complexity index is 1620. The monoisotopic (exact) mass is 449 g/mol. The predicted octanol–water partition coefficient (Wildman–Crippen LogP) is 8.04. The summed E-state index contributed by atoms with van der Waals surface area (Å²) in [4.78, 5) is 3.67. The van der Waals surface area contributed by atoms with Crippen molar-refractivity contribution in [2.75, 3.05) is 0 Å². The van der Waals surface area contributed by atoms with Crippen molar-refractivity contribution in [2.45, 2.75) is 33.1 Å². The molecule has 4 heteroatoms. The first kappa shape index (κ1) is 21.9. The lowest BCUT2D eigenvalue weighted by atomic mass is 9.87. The number of rotatable bonds is 2. The second-order valence-electron chi connectivity index (χ2n) is 9.86. The Morgan fingerprint density at radius 3 is 2.41 bits per heavy atom. The number of hydrogen-bond acceptors (Lipinski definition) is 1. The summed E-state index contributed by atoms with van der Waals surface area (Å²) in [6.45, 7) is 15.6. The molecule has 0 saturated heterocycles. The number of pyridine rings is 1. The van der Waals surface area contributed by atoms with E-state index in [-0.39, 0.29) is 11.2 Å². The molecular weight excluding hydrogens is 423 g/mol. The number of halogens is 1. The molecule has 0 spiro atoms. The molecule has 5 aromatic rings. The minimum atomic E-state index is -0.304. The molecule has 0 unspecified atom stereocenters. The Hall–Kier alpha value is -3.97. The van der Waals surface area contributed by atoms with Gasteiger partial charge in [-0.3, -0.25) is 0 Å². The Kier molecular flexibility index (Phi) is 5.02. The van der Waals surface area contributed by atoms with Gasteiger partial charge in [0.2, 0.25) is 5.69 Å². The lowest BCUT2D eigenvalue weighted by Crippen LogP contribution is -2.34. The lowest BCUT2D eigenvalue weighted by Gasteiger charge is -2.18. The van der Waals surface area contributed by atoms with Crippen LogP contribution in [0, 0.1) is 19.3 Å². The molecule has 34 heavy (non-hydrogen) atoms. The Morgan fingerprint density at radius 1 is 1.00 bits per heavy atom. The van der Waals surface area contributed by atoms with E-state index in [4.69, 9.17) is 11.0 Å². The Labute approximate surface area is 198 Å². The molecule has 0 radical (unpaired) electrons. The predicted molar refractivity (Wildman–Crippen MR) is 135 cm³/mol. The van der Waals surface area contributed by atoms with Crippen LogP contribution in [-0.4, -0.2) is 0 Å². The zero-order chi connectivity index (χ0) is 24.2. The molecule has 5 rings (SSSR count). The van der Waals surface area contributed by atoms with Crippen LogP contribution >= 0.6 is 0 Å². The van der Waals surface area contributed by atoms with Crippen LogP contribution in [0.25, 0.3) is 49.2 Å². The Morgan fingerprint density at radius 2 is 1.74 bits per heavy atom. The molecule has 0 aliphatic heterocycles. The van der Waals surface area contributed by atoms with Crippen LogP contribution in [0.3, 0.4) is 0 Å². The van der Waals surface area contributed by atoms with E-state index in [0.717, 1.165) is 38.7 Å². The summed E-state index contributed by atoms with van der Waals surface area (Å²) in [5, 5.41) is 1.91. The maximum absolute atomic E-state index is 15.3. The van der Waals surface area contributed by atoms with Gasteiger partial charge in [0.05, 0.1) is 17.7 Å². The van der Waals surface area contributed by atoms with Crippen LogP contribution in [0.15, 0.2) is 71.3 Å². The summed E-state index contributed by atoms with van der Waals surface area (Å²) in [7, 11) is 1.94. The zero-order valence-corrected chi connectivity index (χ0v) is 20.0. The van der Waals surface area contributed by atoms with Gasteiger partial charge in [0, 0.05) is 16.8 Å². The third kappa shape index (κ3) is 3.45. The lowest BCUT2D eigenvalue weighted by molar-refractivity contribution is -0.661. The summed E-state index contributed by atoms with van der Waals surface area (Å²) in [5.74, 6) is -0.228. The molecule has 3 nitrogen and oxygen atoms in total. The first-order valence-electron chi connectivity index (χ1n) is 11.3. The summed E-state index contributed by atoms with van der Waals surface area (Å²) >= 11 is 0. The second-order valence-corrected chi connectivity index (χ2v) is 9.86. The number of aryl methyl sites for hydroxylation is 2. The molecule has 2 heterocycles. The first-order valence-corrected chi connectivity index (χ1v) is 11.3. The average Bonchev–Trinajstić information content (AvgIpc) is 3.18. The number of furan rings is 1. The molecule has 2 aromatic heterocycles. The fourth-order valence-electron chi connectivity index (χ4n) is 4.71. The van der Waals surface area contributed by atoms with E-state index in [9.17, 15) is 0 Å². The first-order chi connectivity index (χ1) is 16.2. The number of fused-ring (bicyclic) bond motifs is 3. The molecule has 3 aromatic carbocycles. The zero-order valence-electron chi connectivity index (χ0n) is 20.0. The third-order valence-corrected chi connectivity index (χ3v) is 6.44. The third-order valence-electron chi connectivity index (χ3n) is 6.44. The van der Waals surface area contributed by atoms with Crippen molar-refractivity contribution < 1.29 is 13.4 Å². The molecule has 0 aliphatic carbocycles. The van der Waals surface area contributed by atoms with E-state index in [2.05, 4.69) is 17.0 Å². The van der Waals surface area contributed by atoms with E-state index < -0.39 is 0 Å². The van der Waals surface area contributed by atoms with Crippen LogP contribution in [0.5, 0.6) is 0 Å². The van der Waals surface area contributed by atoms with Gasteiger partial charge in [-0.1, -0.05) is 63.2 Å². The largest absolute Gasteiger partial charge is 0.456 e. The van der Waals surface area contributed by atoms with Gasteiger partial charge in [-0.2, -0.15) is 0 Å². The van der Waals surface area contributed by atoms with Crippen molar-refractivity contribution in [1.29, 1.82) is 0 Å². The van der Waals surface area contributed by atoms with Crippen molar-refractivity contribution in [3.8, 4) is 22.4 Å². The Balaban J connectivity index is 1.87. The van der Waals surface area contributed by atoms with Crippen molar-refractivity contribution in [2.24, 2.45) is 7.05 Å². The normalized spacial score (nSPS) is 11.8. The fraction of sp³-hybridized carbons (Fsp3) is 0.200. The number of nitrogens with zero attached hydrogens (tertiary/aromatic N) is 2. The van der Waals surface area contributed by atoms with Crippen LogP contribution in [0.4, 0.5) is 10.1 Å². The summed E-state index contributed by atoms with van der Waals surface area (Å²) < 4.78 is 23.7. The molecule has 168 valence electrons. The van der Waals surface area contributed by atoms with Gasteiger partial charge in [0.25, 0.3) is 0 Å². The summed E-state index contributed by atoms with van der Waals surface area (Å²) in [6, 6.07) is 19.5. The summed E-state index contributed by atoms with van der Waals surface area (Å²) in [5.41, 5.74) is 6.83. The SMILES string of the molecule is [C-]#[N+]c1cc(-c2ccccc2)c2c(c1)oc1c(-c3cc(F)c(C(C)(C)C)c[n+]3C)c(C)ccc12. The van der Waals surface area contributed by atoms with Gasteiger partial charge < -0.3 is 4.42 Å². The number of benzene rings is 3. The van der Waals surface area contributed by atoms with Gasteiger partial charge in [-0.25, -0.2) is 13.8 Å². The highest BCUT2D eigenvalue weighted by Gasteiger charge is 2.28. The second kappa shape index (κ2) is 7.81. The van der Waals surface area contributed by atoms with Crippen LogP contribution in [0.2, 0.25) is 0 Å². The van der Waals surface area contributed by atoms with E-state index >= 15 is 4.39 Å². The topological polar surface area (TPSA) is 21.4 Å². The van der Waals surface area contributed by atoms with Crippen molar-refractivity contribution in [3.05, 3.63) is 95.2 Å². The molecule has 0 N–H and O–H groups in total. The molecule has 0 amide bonds. The van der Waals surface area contributed by atoms with Crippen LogP contribution in [0.1, 0.15) is 31.9 Å². The van der Waals surface area contributed by atoms with E-state index in [1.54, 1.807) is 12.1 Å². The van der Waals surface area contributed by atoms with Crippen molar-refractivity contribution >= 4 is 27.6 Å². The van der Waals surface area contributed by atoms with E-state index in [1.165, 1.54) is 0 Å². The van der Waals surface area contributed by atoms with E-state index in [1.807, 2.05) is 81.9 Å². The van der Waals surface area contributed by atoms with Gasteiger partial charge in [-0.05, 0) is 41.2 Å². The molecular formula is C30H26FN2O+. The standard InChI is InChI=1S/C30H26FN2O/c1-18-12-13-21-28-22(19-10-8-7-9-11-19)14-20(32-5)15-26(28)34-29(21)27(18)25-16-24(31)23(17-33(25)6)30(2,3)4/h7-17H,1-4,6H3/q+1. The molecule has 0 saturated carbocycles. The van der Waals surface area contributed by atoms with Gasteiger partial charge >= 0.3 is 0 Å². The number of aromatic nitrogens is 1. The van der Waals surface area contributed by atoms with E-state index in [0.29, 0.717) is 22.4 Å². The maximum atomic E-state index is 15.3. The number of hydrogen-bond donors (Lipinski definition) is 0. The highest BCUT2D eigenvalue weighted by atomic mass is 19.1. The van der Waals surface area contributed by atoms with Crippen LogP contribution in [-0.2, 0) is 12.5 Å². The summed E-state index contributed by atoms with van der Waals surface area (Å²) in [6.07, 6.45) is 1.87. The van der Waals surface area contributed by atoms with Gasteiger partial charge in [0.1, 0.15) is 24.0 Å². The maximum Gasteiger partial charge on any atom is 0.219 e. The van der Waals surface area contributed by atoms with Crippen molar-refractivity contribution in [1.82, 2.24) is 0 Å². The highest BCUT2D eigenvalue weighted by molar-refractivity contribution is 6.16. The van der Waals surface area contributed by atoms with Crippen molar-refractivity contribution in [3.63, 3.8) is 0 Å². The highest BCUT2D eigenvalue weighted by Crippen LogP contribution is 2.43.